The van der Waals surface area contributed by atoms with E-state index in [-0.39, 0.29) is 37.0 Å². The van der Waals surface area contributed by atoms with Gasteiger partial charge in [-0.05, 0) is 43.2 Å². The second-order valence-electron chi connectivity index (χ2n) is 8.75. The molecular weight excluding hydrogens is 473 g/mol. The fourth-order valence-electron chi connectivity index (χ4n) is 4.02. The molecule has 1 aromatic heterocycles. The lowest BCUT2D eigenvalue weighted by Gasteiger charge is -2.25. The van der Waals surface area contributed by atoms with E-state index in [4.69, 9.17) is 4.74 Å². The predicted octanol–water partition coefficient (Wildman–Crippen LogP) is 4.84. The standard InChI is InChI=1S/C26H25F3N4O3/c1-17-30-14-19(15-31-17)23(34)12-25(10-11-36-16-25)24(35)32-13-18-6-8-20(9-7-18)33-22-5-3-2-4-21(22)26(27,28)29/h2-9,14-15,33H,10-13,16H2,1H3,(H,32,35)/t25-/m0/s1. The first-order valence-electron chi connectivity index (χ1n) is 11.4. The Balaban J connectivity index is 1.38. The van der Waals surface area contributed by atoms with Gasteiger partial charge in [0.2, 0.25) is 5.91 Å². The van der Waals surface area contributed by atoms with Crippen molar-refractivity contribution in [2.75, 3.05) is 18.5 Å². The molecule has 2 heterocycles. The number of ether oxygens (including phenoxy) is 1. The van der Waals surface area contributed by atoms with E-state index < -0.39 is 17.2 Å². The van der Waals surface area contributed by atoms with Gasteiger partial charge in [0.25, 0.3) is 0 Å². The van der Waals surface area contributed by atoms with Crippen molar-refractivity contribution in [3.63, 3.8) is 0 Å². The second kappa shape index (κ2) is 10.4. The molecule has 1 fully saturated rings. The maximum absolute atomic E-state index is 13.2. The Hall–Kier alpha value is -3.79. The molecule has 2 aromatic carbocycles. The zero-order valence-electron chi connectivity index (χ0n) is 19.6. The van der Waals surface area contributed by atoms with E-state index in [0.717, 1.165) is 11.6 Å². The smallest absolute Gasteiger partial charge is 0.380 e. The Labute approximate surface area is 206 Å². The molecule has 7 nitrogen and oxygen atoms in total. The summed E-state index contributed by atoms with van der Waals surface area (Å²) in [5, 5.41) is 5.67. The molecule has 1 amide bonds. The van der Waals surface area contributed by atoms with Crippen molar-refractivity contribution in [3.05, 3.63) is 83.4 Å². The van der Waals surface area contributed by atoms with Gasteiger partial charge < -0.3 is 15.4 Å². The number of carbonyl (C=O) groups is 2. The Morgan fingerprint density at radius 3 is 2.39 bits per heavy atom. The van der Waals surface area contributed by atoms with Crippen LogP contribution in [0.2, 0.25) is 0 Å². The van der Waals surface area contributed by atoms with Crippen LogP contribution in [0.25, 0.3) is 0 Å². The summed E-state index contributed by atoms with van der Waals surface area (Å²) in [4.78, 5) is 34.0. The minimum absolute atomic E-state index is 0.0211. The molecule has 0 aliphatic carbocycles. The SMILES string of the molecule is Cc1ncc(C(=O)C[C@@]2(C(=O)NCc3ccc(Nc4ccccc4C(F)(F)F)cc3)CCOC2)cn1. The van der Waals surface area contributed by atoms with Crippen LogP contribution >= 0.6 is 0 Å². The molecule has 1 aliphatic rings. The average molecular weight is 499 g/mol. The van der Waals surface area contributed by atoms with E-state index in [0.29, 0.717) is 30.1 Å². The number of anilines is 2. The van der Waals surface area contributed by atoms with Crippen molar-refractivity contribution in [1.29, 1.82) is 0 Å². The fraction of sp³-hybridized carbons (Fsp3) is 0.308. The summed E-state index contributed by atoms with van der Waals surface area (Å²) >= 11 is 0. The molecule has 1 aliphatic heterocycles. The first-order valence-corrected chi connectivity index (χ1v) is 11.4. The number of ketones is 1. The minimum Gasteiger partial charge on any atom is -0.380 e. The molecule has 0 bridgehead atoms. The van der Waals surface area contributed by atoms with Gasteiger partial charge in [-0.25, -0.2) is 9.97 Å². The number of aromatic nitrogens is 2. The van der Waals surface area contributed by atoms with E-state index in [1.807, 2.05) is 0 Å². The zero-order valence-corrected chi connectivity index (χ0v) is 19.6. The van der Waals surface area contributed by atoms with Crippen LogP contribution in [0, 0.1) is 12.3 Å². The summed E-state index contributed by atoms with van der Waals surface area (Å²) in [6.45, 7) is 2.43. The number of hydrogen-bond donors (Lipinski definition) is 2. The number of Topliss-reactive ketones (excluding diaryl/α,β-unsaturated/α-hetero) is 1. The van der Waals surface area contributed by atoms with E-state index >= 15 is 0 Å². The van der Waals surface area contributed by atoms with Crippen LogP contribution < -0.4 is 10.6 Å². The normalized spacial score (nSPS) is 17.6. The maximum atomic E-state index is 13.2. The predicted molar refractivity (Wildman–Crippen MR) is 127 cm³/mol. The number of nitrogens with zero attached hydrogens (tertiary/aromatic N) is 2. The van der Waals surface area contributed by atoms with Crippen molar-refractivity contribution in [1.82, 2.24) is 15.3 Å². The number of aryl methyl sites for hydroxylation is 1. The molecule has 1 saturated heterocycles. The number of hydrogen-bond acceptors (Lipinski definition) is 6. The lowest BCUT2D eigenvalue weighted by atomic mass is 9.80. The van der Waals surface area contributed by atoms with Gasteiger partial charge in [0.05, 0.1) is 28.8 Å². The summed E-state index contributed by atoms with van der Waals surface area (Å²) < 4.78 is 45.1. The summed E-state index contributed by atoms with van der Waals surface area (Å²) in [7, 11) is 0. The molecule has 3 aromatic rings. The number of para-hydroxylation sites is 1. The van der Waals surface area contributed by atoms with E-state index in [1.54, 1.807) is 31.2 Å². The van der Waals surface area contributed by atoms with Gasteiger partial charge >= 0.3 is 6.18 Å². The largest absolute Gasteiger partial charge is 0.418 e. The number of halogens is 3. The summed E-state index contributed by atoms with van der Waals surface area (Å²) in [5.74, 6) is 0.0295. The van der Waals surface area contributed by atoms with Gasteiger partial charge in [0.1, 0.15) is 5.82 Å². The number of carbonyl (C=O) groups excluding carboxylic acids is 2. The Bertz CT molecular complexity index is 1220. The lowest BCUT2D eigenvalue weighted by molar-refractivity contribution is -0.137. The summed E-state index contributed by atoms with van der Waals surface area (Å²) in [6.07, 6.45) is -1.17. The van der Waals surface area contributed by atoms with Crippen molar-refractivity contribution < 1.29 is 27.5 Å². The Morgan fingerprint density at radius 1 is 1.06 bits per heavy atom. The molecular formula is C26H25F3N4O3. The van der Waals surface area contributed by atoms with Gasteiger partial charge in [0, 0.05) is 37.7 Å². The highest BCUT2D eigenvalue weighted by atomic mass is 19.4. The average Bonchev–Trinajstić information content (AvgIpc) is 3.33. The van der Waals surface area contributed by atoms with Gasteiger partial charge in [0.15, 0.2) is 5.78 Å². The van der Waals surface area contributed by atoms with Crippen LogP contribution in [0.5, 0.6) is 0 Å². The summed E-state index contributed by atoms with van der Waals surface area (Å²) in [6, 6.07) is 12.0. The van der Waals surface area contributed by atoms with Crippen LogP contribution in [-0.4, -0.2) is 34.9 Å². The zero-order chi connectivity index (χ0) is 25.8. The number of nitrogens with one attached hydrogen (secondary N) is 2. The topological polar surface area (TPSA) is 93.2 Å². The number of amides is 1. The Morgan fingerprint density at radius 2 is 1.75 bits per heavy atom. The van der Waals surface area contributed by atoms with Crippen LogP contribution in [0.4, 0.5) is 24.5 Å². The number of alkyl halides is 3. The Kier molecular flexibility index (Phi) is 7.35. The lowest BCUT2D eigenvalue weighted by Crippen LogP contribution is -2.42. The first-order chi connectivity index (χ1) is 17.2. The highest BCUT2D eigenvalue weighted by molar-refractivity contribution is 5.99. The third-order valence-corrected chi connectivity index (χ3v) is 6.11. The van der Waals surface area contributed by atoms with Crippen molar-refractivity contribution in [3.8, 4) is 0 Å². The second-order valence-corrected chi connectivity index (χ2v) is 8.75. The van der Waals surface area contributed by atoms with Crippen molar-refractivity contribution in [2.24, 2.45) is 5.41 Å². The third-order valence-electron chi connectivity index (χ3n) is 6.11. The fourth-order valence-corrected chi connectivity index (χ4v) is 4.02. The third kappa shape index (κ3) is 5.88. The van der Waals surface area contributed by atoms with Gasteiger partial charge in [-0.3, -0.25) is 9.59 Å². The molecule has 0 spiro atoms. The number of benzene rings is 2. The molecule has 188 valence electrons. The number of rotatable bonds is 8. The van der Waals surface area contributed by atoms with Crippen molar-refractivity contribution >= 4 is 23.1 Å². The van der Waals surface area contributed by atoms with E-state index in [1.165, 1.54) is 30.6 Å². The molecule has 4 rings (SSSR count). The van der Waals surface area contributed by atoms with E-state index in [9.17, 15) is 22.8 Å². The molecule has 1 atom stereocenters. The molecule has 0 saturated carbocycles. The molecule has 2 N–H and O–H groups in total. The highest BCUT2D eigenvalue weighted by Crippen LogP contribution is 2.36. The van der Waals surface area contributed by atoms with Gasteiger partial charge in [-0.15, -0.1) is 0 Å². The first kappa shape index (κ1) is 25.3. The van der Waals surface area contributed by atoms with Gasteiger partial charge in [-0.1, -0.05) is 24.3 Å². The van der Waals surface area contributed by atoms with Crippen LogP contribution in [0.15, 0.2) is 60.9 Å². The van der Waals surface area contributed by atoms with Crippen LogP contribution in [0.1, 0.15) is 40.2 Å². The van der Waals surface area contributed by atoms with Crippen molar-refractivity contribution in [2.45, 2.75) is 32.5 Å². The monoisotopic (exact) mass is 498 g/mol. The molecule has 10 heteroatoms. The minimum atomic E-state index is -4.47. The molecule has 0 radical (unpaired) electrons. The maximum Gasteiger partial charge on any atom is 0.418 e. The molecule has 36 heavy (non-hydrogen) atoms. The molecule has 0 unspecified atom stereocenters. The van der Waals surface area contributed by atoms with Crippen LogP contribution in [0.3, 0.4) is 0 Å². The quantitative estimate of drug-likeness (QED) is 0.432. The van der Waals surface area contributed by atoms with E-state index in [2.05, 4.69) is 20.6 Å². The van der Waals surface area contributed by atoms with Crippen LogP contribution in [-0.2, 0) is 22.3 Å². The van der Waals surface area contributed by atoms with Gasteiger partial charge in [-0.2, -0.15) is 13.2 Å². The highest BCUT2D eigenvalue weighted by Gasteiger charge is 2.44. The summed E-state index contributed by atoms with van der Waals surface area (Å²) in [5.41, 5.74) is -0.200.